The van der Waals surface area contributed by atoms with E-state index in [2.05, 4.69) is 60.9 Å². The van der Waals surface area contributed by atoms with Crippen LogP contribution < -0.4 is 4.57 Å². The molecule has 0 N–H and O–H groups in total. The second-order valence-electron chi connectivity index (χ2n) is 5.82. The predicted molar refractivity (Wildman–Crippen MR) is 87.6 cm³/mol. The Hall–Kier alpha value is -2.68. The van der Waals surface area contributed by atoms with Gasteiger partial charge in [0.2, 0.25) is 5.69 Å². The van der Waals surface area contributed by atoms with E-state index >= 15 is 0 Å². The molecule has 4 aromatic rings. The van der Waals surface area contributed by atoms with E-state index in [0.717, 1.165) is 22.1 Å². The van der Waals surface area contributed by atoms with Gasteiger partial charge in [0.15, 0.2) is 11.8 Å². The van der Waals surface area contributed by atoms with Crippen LogP contribution in [0.15, 0.2) is 53.2 Å². The summed E-state index contributed by atoms with van der Waals surface area (Å²) < 4.78 is 8.06. The maximum Gasteiger partial charge on any atom is 0.212 e. The van der Waals surface area contributed by atoms with Gasteiger partial charge in [-0.25, -0.2) is 4.57 Å². The lowest BCUT2D eigenvalue weighted by Gasteiger charge is -2.05. The number of aryl methyl sites for hydroxylation is 3. The highest BCUT2D eigenvalue weighted by atomic mass is 16.3. The molecule has 0 fully saturated rings. The van der Waals surface area contributed by atoms with Crippen molar-refractivity contribution in [2.24, 2.45) is 7.05 Å². The van der Waals surface area contributed by atoms with Crippen molar-refractivity contribution in [1.29, 1.82) is 0 Å². The number of benzene rings is 1. The van der Waals surface area contributed by atoms with E-state index in [4.69, 9.17) is 4.42 Å². The summed E-state index contributed by atoms with van der Waals surface area (Å²) in [6.07, 6.45) is 3.91. The fraction of sp³-hybridized carbons (Fsp3) is 0.158. The Kier molecular flexibility index (Phi) is 2.76. The Labute approximate surface area is 128 Å². The van der Waals surface area contributed by atoms with Gasteiger partial charge in [-0.15, -0.1) is 0 Å². The molecule has 1 aromatic carbocycles. The Balaban J connectivity index is 2.07. The average Bonchev–Trinajstić information content (AvgIpc) is 2.86. The highest BCUT2D eigenvalue weighted by Crippen LogP contribution is 2.32. The normalized spacial score (nSPS) is 11.4. The van der Waals surface area contributed by atoms with E-state index in [1.54, 1.807) is 0 Å². The summed E-state index contributed by atoms with van der Waals surface area (Å²) in [5.74, 6) is 0. The average molecular weight is 289 g/mol. The maximum absolute atomic E-state index is 5.91. The number of hydrogen-bond donors (Lipinski definition) is 0. The largest absolute Gasteiger partial charge is 0.454 e. The summed E-state index contributed by atoms with van der Waals surface area (Å²) in [6.45, 7) is 4.24. The number of hydrogen-bond acceptors (Lipinski definition) is 2. The molecule has 0 saturated carbocycles. The molecule has 0 aliphatic carbocycles. The summed E-state index contributed by atoms with van der Waals surface area (Å²) >= 11 is 0. The van der Waals surface area contributed by atoms with Crippen LogP contribution in [-0.2, 0) is 7.05 Å². The summed E-state index contributed by atoms with van der Waals surface area (Å²) in [6, 6.07) is 12.5. The maximum atomic E-state index is 5.91. The third-order valence-corrected chi connectivity index (χ3v) is 4.15. The van der Waals surface area contributed by atoms with E-state index < -0.39 is 0 Å². The molecule has 22 heavy (non-hydrogen) atoms. The zero-order chi connectivity index (χ0) is 15.3. The quantitative estimate of drug-likeness (QED) is 0.494. The molecular weight excluding hydrogens is 272 g/mol. The zero-order valence-corrected chi connectivity index (χ0v) is 12.9. The zero-order valence-electron chi connectivity index (χ0n) is 12.9. The molecule has 3 heterocycles. The van der Waals surface area contributed by atoms with Gasteiger partial charge < -0.3 is 4.42 Å². The minimum atomic E-state index is 0.836. The molecule has 0 saturated heterocycles. The van der Waals surface area contributed by atoms with Crippen LogP contribution in [0, 0.1) is 13.8 Å². The van der Waals surface area contributed by atoms with Crippen molar-refractivity contribution in [3.8, 4) is 11.3 Å². The summed E-state index contributed by atoms with van der Waals surface area (Å²) in [4.78, 5) is 4.47. The monoisotopic (exact) mass is 289 g/mol. The van der Waals surface area contributed by atoms with Crippen LogP contribution >= 0.6 is 0 Å². The first kappa shape index (κ1) is 13.0. The molecule has 0 amide bonds. The Morgan fingerprint density at radius 3 is 2.77 bits per heavy atom. The Bertz CT molecular complexity index is 1010. The van der Waals surface area contributed by atoms with Crippen LogP contribution in [-0.4, -0.2) is 4.98 Å². The second kappa shape index (κ2) is 4.67. The van der Waals surface area contributed by atoms with Gasteiger partial charge in [0.1, 0.15) is 18.1 Å². The lowest BCUT2D eigenvalue weighted by Crippen LogP contribution is -2.30. The summed E-state index contributed by atoms with van der Waals surface area (Å²) in [5.41, 5.74) is 7.52. The van der Waals surface area contributed by atoms with E-state index in [1.165, 1.54) is 22.4 Å². The molecule has 4 rings (SSSR count). The smallest absolute Gasteiger partial charge is 0.212 e. The molecule has 0 spiro atoms. The van der Waals surface area contributed by atoms with Crippen molar-refractivity contribution >= 4 is 22.1 Å². The van der Waals surface area contributed by atoms with E-state index in [1.807, 2.05) is 18.3 Å². The number of furan rings is 1. The third-order valence-electron chi connectivity index (χ3n) is 4.15. The topological polar surface area (TPSA) is 29.9 Å². The van der Waals surface area contributed by atoms with E-state index in [-0.39, 0.29) is 0 Å². The molecule has 0 unspecified atom stereocenters. The van der Waals surface area contributed by atoms with Gasteiger partial charge in [0.25, 0.3) is 0 Å². The van der Waals surface area contributed by atoms with Crippen LogP contribution in [0.5, 0.6) is 0 Å². The molecular formula is C19H17N2O+. The minimum Gasteiger partial charge on any atom is -0.454 e. The van der Waals surface area contributed by atoms with Gasteiger partial charge in [-0.1, -0.05) is 0 Å². The molecule has 3 heteroatoms. The van der Waals surface area contributed by atoms with Gasteiger partial charge in [-0.2, -0.15) is 0 Å². The lowest BCUT2D eigenvalue weighted by molar-refractivity contribution is -0.660. The van der Waals surface area contributed by atoms with Crippen LogP contribution in [0.2, 0.25) is 0 Å². The van der Waals surface area contributed by atoms with Gasteiger partial charge >= 0.3 is 0 Å². The number of nitrogens with zero attached hydrogens (tertiary/aromatic N) is 2. The molecule has 3 aromatic heterocycles. The van der Waals surface area contributed by atoms with Gasteiger partial charge in [-0.3, -0.25) is 4.98 Å². The summed E-state index contributed by atoms with van der Waals surface area (Å²) in [5, 5.41) is 1.07. The van der Waals surface area contributed by atoms with Crippen molar-refractivity contribution in [2.75, 3.05) is 0 Å². The molecule has 0 atom stereocenters. The number of fused-ring (bicyclic) bond motifs is 3. The number of rotatable bonds is 1. The van der Waals surface area contributed by atoms with Crippen LogP contribution in [0.4, 0.5) is 0 Å². The van der Waals surface area contributed by atoms with E-state index in [9.17, 15) is 0 Å². The second-order valence-corrected chi connectivity index (χ2v) is 5.82. The Morgan fingerprint density at radius 2 is 1.91 bits per heavy atom. The van der Waals surface area contributed by atoms with Crippen molar-refractivity contribution in [2.45, 2.75) is 13.8 Å². The van der Waals surface area contributed by atoms with Crippen molar-refractivity contribution < 1.29 is 8.98 Å². The molecule has 0 radical (unpaired) electrons. The van der Waals surface area contributed by atoms with Crippen LogP contribution in [0.25, 0.3) is 33.3 Å². The molecule has 3 nitrogen and oxygen atoms in total. The third kappa shape index (κ3) is 1.90. The number of aromatic nitrogens is 2. The van der Waals surface area contributed by atoms with Crippen molar-refractivity contribution in [3.63, 3.8) is 0 Å². The van der Waals surface area contributed by atoms with E-state index in [0.29, 0.717) is 0 Å². The fourth-order valence-corrected chi connectivity index (χ4v) is 2.96. The standard InChI is InChI=1S/C19H17N2O/c1-12-6-8-21(3)16(9-12)14-11-15-18(10-13(14)2)22-17-5-4-7-20-19(15)17/h4-11H,1-3H3/q+1. The van der Waals surface area contributed by atoms with Gasteiger partial charge in [0.05, 0.1) is 0 Å². The van der Waals surface area contributed by atoms with Crippen LogP contribution in [0.1, 0.15) is 11.1 Å². The Morgan fingerprint density at radius 1 is 1.05 bits per heavy atom. The molecule has 0 aliphatic heterocycles. The highest BCUT2D eigenvalue weighted by molar-refractivity contribution is 6.04. The molecule has 108 valence electrons. The molecule has 0 aliphatic rings. The summed E-state index contributed by atoms with van der Waals surface area (Å²) in [7, 11) is 2.07. The van der Waals surface area contributed by atoms with Crippen LogP contribution in [0.3, 0.4) is 0 Å². The lowest BCUT2D eigenvalue weighted by atomic mass is 10.0. The van der Waals surface area contributed by atoms with Gasteiger partial charge in [0, 0.05) is 29.3 Å². The fourth-order valence-electron chi connectivity index (χ4n) is 2.96. The first-order valence-electron chi connectivity index (χ1n) is 7.38. The minimum absolute atomic E-state index is 0.836. The first-order valence-corrected chi connectivity index (χ1v) is 7.38. The van der Waals surface area contributed by atoms with Crippen molar-refractivity contribution in [1.82, 2.24) is 4.98 Å². The number of pyridine rings is 2. The highest BCUT2D eigenvalue weighted by Gasteiger charge is 2.16. The molecule has 0 bridgehead atoms. The predicted octanol–water partition coefficient (Wildman–Crippen LogP) is 4.09. The first-order chi connectivity index (χ1) is 10.6. The SMILES string of the molecule is Cc1cc[n+](C)c(-c2cc3c(cc2C)oc2cccnc23)c1. The van der Waals surface area contributed by atoms with Gasteiger partial charge in [-0.05, 0) is 49.2 Å². The van der Waals surface area contributed by atoms with Crippen molar-refractivity contribution in [3.05, 3.63) is 59.9 Å².